The van der Waals surface area contributed by atoms with Crippen molar-refractivity contribution in [2.75, 3.05) is 7.11 Å². The summed E-state index contributed by atoms with van der Waals surface area (Å²) < 4.78 is 55.1. The Balaban J connectivity index is 1.29. The fourth-order valence-corrected chi connectivity index (χ4v) is 6.82. The Morgan fingerprint density at radius 3 is 1.70 bits per heavy atom. The van der Waals surface area contributed by atoms with Gasteiger partial charge in [0.05, 0.1) is 28.9 Å². The molecule has 2 N–H and O–H groups in total. The van der Waals surface area contributed by atoms with E-state index in [1.165, 1.54) is 30.3 Å². The topological polar surface area (TPSA) is 138 Å². The van der Waals surface area contributed by atoms with E-state index in [2.05, 4.69) is 16.3 Å². The Bertz CT molecular complexity index is 2310. The van der Waals surface area contributed by atoms with Gasteiger partial charge in [-0.05, 0) is 109 Å². The lowest BCUT2D eigenvalue weighted by atomic mass is 9.71. The molecule has 53 heavy (non-hydrogen) atoms. The van der Waals surface area contributed by atoms with Crippen LogP contribution in [0.2, 0.25) is 0 Å². The van der Waals surface area contributed by atoms with Crippen molar-refractivity contribution in [2.45, 2.75) is 29.1 Å². The van der Waals surface area contributed by atoms with Crippen LogP contribution in [-0.4, -0.2) is 31.1 Å². The fraction of sp³-hybridized carbons (Fsp3) is 0.0976. The van der Waals surface area contributed by atoms with Crippen LogP contribution in [0.25, 0.3) is 0 Å². The predicted octanol–water partition coefficient (Wildman–Crippen LogP) is 9.85. The van der Waals surface area contributed by atoms with Gasteiger partial charge in [-0.3, -0.25) is 9.35 Å². The van der Waals surface area contributed by atoms with Crippen LogP contribution in [-0.2, 0) is 24.9 Å². The molecule has 270 valence electrons. The second-order valence-electron chi connectivity index (χ2n) is 12.1. The van der Waals surface area contributed by atoms with Crippen LogP contribution in [0.5, 0.6) is 28.7 Å². The van der Waals surface area contributed by atoms with Gasteiger partial charge in [0.25, 0.3) is 10.1 Å². The minimum absolute atomic E-state index is 0.0352. The molecule has 10 nitrogen and oxygen atoms in total. The first-order valence-corrected chi connectivity index (χ1v) is 18.3. The number of ketones is 1. The monoisotopic (exact) mass is 750 g/mol. The van der Waals surface area contributed by atoms with Gasteiger partial charge in [0.15, 0.2) is 5.78 Å². The molecule has 0 saturated heterocycles. The number of hydrogen-bond donors (Lipinski definition) is 2. The number of benzene rings is 6. The lowest BCUT2D eigenvalue weighted by Crippen LogP contribution is -2.25. The van der Waals surface area contributed by atoms with Gasteiger partial charge in [0, 0.05) is 16.5 Å². The summed E-state index contributed by atoms with van der Waals surface area (Å²) >= 11 is 0.602. The number of carbonyl (C=O) groups excluding carboxylic acids is 1. The van der Waals surface area contributed by atoms with Crippen molar-refractivity contribution in [3.63, 3.8) is 0 Å². The molecule has 0 fully saturated rings. The van der Waals surface area contributed by atoms with E-state index in [0.717, 1.165) is 39.8 Å². The van der Waals surface area contributed by atoms with Crippen molar-refractivity contribution in [3.05, 3.63) is 173 Å². The van der Waals surface area contributed by atoms with Crippen molar-refractivity contribution in [2.24, 2.45) is 0 Å². The number of carbonyl (C=O) groups is 1. The Morgan fingerprint density at radius 1 is 0.660 bits per heavy atom. The third kappa shape index (κ3) is 8.61. The van der Waals surface area contributed by atoms with Gasteiger partial charge in [0.1, 0.15) is 28.7 Å². The Hall–Kier alpha value is -5.47. The summed E-state index contributed by atoms with van der Waals surface area (Å²) in [6.07, 6.45) is 0. The lowest BCUT2D eigenvalue weighted by Gasteiger charge is -2.32. The van der Waals surface area contributed by atoms with Crippen molar-refractivity contribution < 1.29 is 46.6 Å². The maximum Gasteiger partial charge on any atom is 0.294 e. The van der Waals surface area contributed by atoms with Gasteiger partial charge in [0.2, 0.25) is 0 Å². The third-order valence-electron chi connectivity index (χ3n) is 8.77. The van der Waals surface area contributed by atoms with E-state index in [0.29, 0.717) is 23.5 Å². The van der Waals surface area contributed by atoms with Gasteiger partial charge in [-0.1, -0.05) is 71.3 Å². The number of rotatable bonds is 14. The highest BCUT2D eigenvalue weighted by molar-refractivity contribution is 7.94. The first-order chi connectivity index (χ1) is 25.5. The molecular formula is C41H34O10S2. The maximum absolute atomic E-state index is 13.3. The minimum Gasteiger partial charge on any atom is -0.497 e. The average molecular weight is 751 g/mol. The highest BCUT2D eigenvalue weighted by atomic mass is 32.2. The third-order valence-corrected chi connectivity index (χ3v) is 10.2. The van der Waals surface area contributed by atoms with Gasteiger partial charge in [-0.2, -0.15) is 8.42 Å². The summed E-state index contributed by atoms with van der Waals surface area (Å²) in [6.45, 7) is 4.17. The van der Waals surface area contributed by atoms with Crippen LogP contribution in [0.3, 0.4) is 0 Å². The molecule has 0 spiro atoms. The minimum atomic E-state index is -4.51. The normalized spacial score (nSPS) is 12.5. The van der Waals surface area contributed by atoms with E-state index < -0.39 is 26.2 Å². The van der Waals surface area contributed by atoms with Crippen LogP contribution < -0.4 is 14.2 Å². The molecule has 6 aromatic rings. The van der Waals surface area contributed by atoms with E-state index in [-0.39, 0.29) is 21.8 Å². The van der Waals surface area contributed by atoms with Crippen molar-refractivity contribution in [1.82, 2.24) is 0 Å². The van der Waals surface area contributed by atoms with Crippen LogP contribution >= 0.6 is 12.0 Å². The number of aryl methyl sites for hydroxylation is 1. The first kappa shape index (κ1) is 37.3. The van der Waals surface area contributed by atoms with Crippen LogP contribution in [0.4, 0.5) is 0 Å². The molecule has 0 aliphatic heterocycles. The van der Waals surface area contributed by atoms with Gasteiger partial charge in [-0.25, -0.2) is 5.26 Å². The second-order valence-corrected chi connectivity index (χ2v) is 14.3. The second kappa shape index (κ2) is 16.0. The molecule has 0 aromatic heterocycles. The van der Waals surface area contributed by atoms with Crippen molar-refractivity contribution in [1.29, 1.82) is 0 Å². The summed E-state index contributed by atoms with van der Waals surface area (Å²) in [6, 6.07) is 40.9. The Kier molecular flexibility index (Phi) is 11.3. The fourth-order valence-electron chi connectivity index (χ4n) is 5.82. The summed E-state index contributed by atoms with van der Waals surface area (Å²) in [5, 5.41) is 12.6. The zero-order valence-corrected chi connectivity index (χ0v) is 30.4. The van der Waals surface area contributed by atoms with Crippen LogP contribution in [0.15, 0.2) is 149 Å². The van der Waals surface area contributed by atoms with Crippen molar-refractivity contribution in [3.8, 4) is 28.7 Å². The smallest absolute Gasteiger partial charge is 0.294 e. The van der Waals surface area contributed by atoms with Crippen LogP contribution in [0, 0.1) is 6.92 Å². The zero-order chi connectivity index (χ0) is 37.6. The summed E-state index contributed by atoms with van der Waals surface area (Å²) in [4.78, 5) is 13.1. The molecule has 6 rings (SSSR count). The zero-order valence-electron chi connectivity index (χ0n) is 28.8. The van der Waals surface area contributed by atoms with E-state index in [1.807, 2.05) is 104 Å². The summed E-state index contributed by atoms with van der Waals surface area (Å²) in [5.41, 5.74) is 3.77. The largest absolute Gasteiger partial charge is 0.497 e. The SMILES string of the molecule is COc1ccc(C(C)(c2ccc(Oc3ccc(C)cc3)cc2)c2ccc(Oc3ccc(C(=O)c4cccc(S(=O)(=O)O)c4)cc3SOOO)cc2)cc1. The molecule has 1 atom stereocenters. The summed E-state index contributed by atoms with van der Waals surface area (Å²) in [7, 11) is -2.89. The quantitative estimate of drug-likeness (QED) is 0.0275. The molecule has 0 heterocycles. The molecule has 0 radical (unpaired) electrons. The van der Waals surface area contributed by atoms with E-state index >= 15 is 0 Å². The molecule has 0 bridgehead atoms. The molecule has 1 unspecified atom stereocenters. The lowest BCUT2D eigenvalue weighted by molar-refractivity contribution is -0.432. The van der Waals surface area contributed by atoms with Crippen LogP contribution in [0.1, 0.15) is 45.1 Å². The van der Waals surface area contributed by atoms with E-state index in [1.54, 1.807) is 13.2 Å². The number of ether oxygens (including phenoxy) is 3. The maximum atomic E-state index is 13.3. The highest BCUT2D eigenvalue weighted by Crippen LogP contribution is 2.42. The molecule has 6 aromatic carbocycles. The average Bonchev–Trinajstić information content (AvgIpc) is 3.18. The predicted molar refractivity (Wildman–Crippen MR) is 200 cm³/mol. The van der Waals surface area contributed by atoms with Gasteiger partial charge in [-0.15, -0.1) is 4.33 Å². The Labute approximate surface area is 311 Å². The van der Waals surface area contributed by atoms with Gasteiger partial charge < -0.3 is 14.2 Å². The molecule has 0 saturated carbocycles. The standard InChI is InChI=1S/C41H34O10S2/c1-27-7-16-34(17-8-27)48-35-20-12-31(13-21-35)41(2,30-10-18-33(47-3)19-11-30)32-14-22-36(23-15-32)49-38-24-9-29(26-39(38)52-51-50-43)40(42)28-5-4-6-37(25-28)53(44,45)46/h4-26,43H,1-3H3,(H,44,45,46). The Morgan fingerprint density at radius 2 is 1.17 bits per heavy atom. The first-order valence-electron chi connectivity index (χ1n) is 16.2. The van der Waals surface area contributed by atoms with Gasteiger partial charge >= 0.3 is 0 Å². The molecule has 0 aliphatic carbocycles. The van der Waals surface area contributed by atoms with E-state index in [9.17, 15) is 17.8 Å². The van der Waals surface area contributed by atoms with E-state index in [4.69, 9.17) is 19.5 Å². The van der Waals surface area contributed by atoms with Crippen molar-refractivity contribution >= 4 is 27.9 Å². The summed E-state index contributed by atoms with van der Waals surface area (Å²) in [5.74, 6) is 2.43. The molecular weight excluding hydrogens is 717 g/mol. The number of hydrogen-bond acceptors (Lipinski definition) is 10. The molecule has 0 amide bonds. The highest BCUT2D eigenvalue weighted by Gasteiger charge is 2.31. The molecule has 0 aliphatic rings. The molecule has 12 heteroatoms. The number of methoxy groups -OCH3 is 1.